The quantitative estimate of drug-likeness (QED) is 0.440. The fourth-order valence-electron chi connectivity index (χ4n) is 2.78. The minimum absolute atomic E-state index is 0.0128. The molecular formula is C21H18F3N2O2S+. The number of amides is 1. The Balaban J connectivity index is 1.92. The van der Waals surface area contributed by atoms with E-state index in [0.29, 0.717) is 28.9 Å². The third-order valence-corrected chi connectivity index (χ3v) is 5.39. The number of aliphatic hydroxyl groups is 1. The molecule has 0 atom stereocenters. The maximum atomic E-state index is 13.5. The first kappa shape index (κ1) is 20.8. The second kappa shape index (κ2) is 8.59. The molecule has 1 heterocycles. The molecule has 3 rings (SSSR count). The molecule has 1 aromatic heterocycles. The van der Waals surface area contributed by atoms with E-state index in [9.17, 15) is 18.0 Å². The van der Waals surface area contributed by atoms with Gasteiger partial charge in [-0.3, -0.25) is 5.73 Å². The summed E-state index contributed by atoms with van der Waals surface area (Å²) in [5.74, 6) is -0.673. The van der Waals surface area contributed by atoms with Crippen molar-refractivity contribution in [1.29, 1.82) is 0 Å². The average Bonchev–Trinajstić information content (AvgIpc) is 3.16. The van der Waals surface area contributed by atoms with Crippen LogP contribution < -0.4 is 10.7 Å². The van der Waals surface area contributed by atoms with E-state index < -0.39 is 17.0 Å². The van der Waals surface area contributed by atoms with Crippen LogP contribution in [0.25, 0.3) is 11.1 Å². The highest BCUT2D eigenvalue weighted by Gasteiger charge is 2.37. The van der Waals surface area contributed by atoms with E-state index in [0.717, 1.165) is 5.56 Å². The Morgan fingerprint density at radius 2 is 1.72 bits per heavy atom. The van der Waals surface area contributed by atoms with Crippen LogP contribution in [0.1, 0.15) is 25.7 Å². The zero-order valence-electron chi connectivity index (χ0n) is 15.2. The number of nitrogens with two attached hydrogens (primary N) is 1. The lowest BCUT2D eigenvalue weighted by molar-refractivity contribution is -0.345. The molecule has 4 nitrogen and oxygen atoms in total. The van der Waals surface area contributed by atoms with Gasteiger partial charge in [-0.25, -0.2) is 9.79 Å². The van der Waals surface area contributed by atoms with Crippen molar-refractivity contribution >= 4 is 23.1 Å². The maximum absolute atomic E-state index is 13.5. The van der Waals surface area contributed by atoms with E-state index in [2.05, 4.69) is 4.99 Å². The van der Waals surface area contributed by atoms with Gasteiger partial charge in [0.2, 0.25) is 0 Å². The minimum Gasteiger partial charge on any atom is -0.396 e. The van der Waals surface area contributed by atoms with Crippen molar-refractivity contribution < 1.29 is 28.1 Å². The van der Waals surface area contributed by atoms with Crippen molar-refractivity contribution in [2.45, 2.75) is 12.6 Å². The lowest BCUT2D eigenvalue weighted by Gasteiger charge is -2.07. The van der Waals surface area contributed by atoms with E-state index in [1.165, 1.54) is 6.07 Å². The third kappa shape index (κ3) is 4.90. The Bertz CT molecular complexity index is 1030. The van der Waals surface area contributed by atoms with Gasteiger partial charge in [-0.2, -0.15) is 13.2 Å². The number of halogens is 3. The van der Waals surface area contributed by atoms with Gasteiger partial charge in [0.1, 0.15) is 9.75 Å². The number of hydrogen-bond donors (Lipinski definition) is 3. The maximum Gasteiger partial charge on any atom is 0.426 e. The number of carbonyl (C=O) groups excluding carboxylic acids is 1. The molecular weight excluding hydrogens is 401 g/mol. The highest BCUT2D eigenvalue weighted by Crippen LogP contribution is 2.42. The Morgan fingerprint density at radius 3 is 2.31 bits per heavy atom. The number of nitrogens with one attached hydrogen (secondary N) is 1. The largest absolute Gasteiger partial charge is 0.426 e. The Kier molecular flexibility index (Phi) is 6.14. The number of benzene rings is 2. The van der Waals surface area contributed by atoms with E-state index >= 15 is 0 Å². The highest BCUT2D eigenvalue weighted by atomic mass is 32.1. The molecule has 8 heteroatoms. The molecule has 1 amide bonds. The molecule has 150 valence electrons. The number of aliphatic hydroxyl groups excluding tert-OH is 1. The fraction of sp³-hybridized carbons (Fsp3) is 0.143. The number of rotatable bonds is 5. The lowest BCUT2D eigenvalue weighted by atomic mass is 10.1. The molecule has 0 aliphatic heterocycles. The van der Waals surface area contributed by atoms with Gasteiger partial charge in [0.15, 0.2) is 0 Å². The van der Waals surface area contributed by atoms with Crippen LogP contribution in [0.2, 0.25) is 0 Å². The number of carbonyl (C=O) groups is 1. The van der Waals surface area contributed by atoms with Gasteiger partial charge in [0, 0.05) is 12.2 Å². The van der Waals surface area contributed by atoms with Crippen LogP contribution >= 0.6 is 11.3 Å². The van der Waals surface area contributed by atoms with Gasteiger partial charge in [0.25, 0.3) is 5.84 Å². The summed E-state index contributed by atoms with van der Waals surface area (Å²) in [4.78, 5) is 14.1. The number of amidine groups is 1. The SMILES string of the molecule is NC(=[NH+]C(=O)c1cc(-c2ccccc2)c(C(F)(F)F)s1)c1ccc(CCO)cc1. The van der Waals surface area contributed by atoms with Crippen molar-refractivity contribution in [3.8, 4) is 11.1 Å². The van der Waals surface area contributed by atoms with Crippen LogP contribution in [0.4, 0.5) is 13.2 Å². The van der Waals surface area contributed by atoms with E-state index in [4.69, 9.17) is 10.8 Å². The molecule has 0 bridgehead atoms. The lowest BCUT2D eigenvalue weighted by Crippen LogP contribution is -2.79. The van der Waals surface area contributed by atoms with E-state index in [1.807, 2.05) is 0 Å². The first-order valence-corrected chi connectivity index (χ1v) is 9.51. The summed E-state index contributed by atoms with van der Waals surface area (Å²) in [5, 5.41) is 8.94. The molecule has 2 aromatic carbocycles. The molecule has 0 saturated heterocycles. The van der Waals surface area contributed by atoms with Crippen molar-refractivity contribution in [1.82, 2.24) is 0 Å². The summed E-state index contributed by atoms with van der Waals surface area (Å²) < 4.78 is 40.4. The number of hydrogen-bond acceptors (Lipinski definition) is 3. The smallest absolute Gasteiger partial charge is 0.396 e. The van der Waals surface area contributed by atoms with Crippen molar-refractivity contribution in [3.05, 3.63) is 81.5 Å². The molecule has 0 fully saturated rings. The highest BCUT2D eigenvalue weighted by molar-refractivity contribution is 7.14. The summed E-state index contributed by atoms with van der Waals surface area (Å²) in [7, 11) is 0. The predicted molar refractivity (Wildman–Crippen MR) is 106 cm³/mol. The summed E-state index contributed by atoms with van der Waals surface area (Å²) in [6.45, 7) is 0.0128. The summed E-state index contributed by atoms with van der Waals surface area (Å²) in [6.07, 6.45) is -4.09. The van der Waals surface area contributed by atoms with Crippen molar-refractivity contribution in [2.75, 3.05) is 6.61 Å². The second-order valence-electron chi connectivity index (χ2n) is 6.26. The molecule has 29 heavy (non-hydrogen) atoms. The molecule has 0 aliphatic rings. The van der Waals surface area contributed by atoms with Crippen molar-refractivity contribution in [3.63, 3.8) is 0 Å². The Morgan fingerprint density at radius 1 is 1.07 bits per heavy atom. The molecule has 0 saturated carbocycles. The number of alkyl halides is 3. The Hall–Kier alpha value is -2.97. The Labute approximate surface area is 169 Å². The third-order valence-electron chi connectivity index (χ3n) is 4.21. The van der Waals surface area contributed by atoms with E-state index in [1.54, 1.807) is 54.6 Å². The summed E-state index contributed by atoms with van der Waals surface area (Å²) in [6, 6.07) is 16.2. The monoisotopic (exact) mass is 419 g/mol. The van der Waals surface area contributed by atoms with Gasteiger partial charge in [-0.05, 0) is 35.7 Å². The summed E-state index contributed by atoms with van der Waals surface area (Å²) >= 11 is 0.382. The molecule has 0 radical (unpaired) electrons. The van der Waals surface area contributed by atoms with Gasteiger partial charge in [-0.1, -0.05) is 42.5 Å². The number of nitrogen functional groups attached to an aromatic ring is 1. The summed E-state index contributed by atoms with van der Waals surface area (Å²) in [5.41, 5.74) is 7.68. The average molecular weight is 419 g/mol. The van der Waals surface area contributed by atoms with Crippen molar-refractivity contribution in [2.24, 2.45) is 5.73 Å². The van der Waals surface area contributed by atoms with Crippen LogP contribution in [0, 0.1) is 0 Å². The topological polar surface area (TPSA) is 77.3 Å². The molecule has 0 spiro atoms. The van der Waals surface area contributed by atoms with Crippen LogP contribution in [-0.2, 0) is 12.6 Å². The first-order chi connectivity index (χ1) is 13.8. The standard InChI is InChI=1S/C21H17F3N2O2S/c22-21(23,24)18-16(14-4-2-1-3-5-14)12-17(29-18)20(28)26-19(25)15-8-6-13(7-9-15)10-11-27/h1-9,12,27H,10-11H2,(H2,25,26,28)/p+1. The van der Waals surface area contributed by atoms with Crippen LogP contribution in [0.5, 0.6) is 0 Å². The minimum atomic E-state index is -4.58. The van der Waals surface area contributed by atoms with Gasteiger partial charge < -0.3 is 5.11 Å². The van der Waals surface area contributed by atoms with Gasteiger partial charge >= 0.3 is 12.1 Å². The molecule has 3 aromatic rings. The second-order valence-corrected chi connectivity index (χ2v) is 7.31. The van der Waals surface area contributed by atoms with E-state index in [-0.39, 0.29) is 22.9 Å². The van der Waals surface area contributed by atoms with Crippen LogP contribution in [-0.4, -0.2) is 23.5 Å². The molecule has 4 N–H and O–H groups in total. The molecule has 0 aliphatic carbocycles. The fourth-order valence-corrected chi connectivity index (χ4v) is 3.72. The zero-order chi connectivity index (χ0) is 21.0. The molecule has 0 unspecified atom stereocenters. The predicted octanol–water partition coefficient (Wildman–Crippen LogP) is 2.60. The first-order valence-electron chi connectivity index (χ1n) is 8.70. The zero-order valence-corrected chi connectivity index (χ0v) is 16.0. The van der Waals surface area contributed by atoms with Crippen LogP contribution in [0.15, 0.2) is 60.7 Å². The van der Waals surface area contributed by atoms with Gasteiger partial charge in [0.05, 0.1) is 5.56 Å². The number of thiophene rings is 1. The van der Waals surface area contributed by atoms with Crippen LogP contribution in [0.3, 0.4) is 0 Å². The van der Waals surface area contributed by atoms with Gasteiger partial charge in [-0.15, -0.1) is 11.3 Å². The normalized spacial score (nSPS) is 12.2.